The van der Waals surface area contributed by atoms with E-state index < -0.39 is 0 Å². The van der Waals surface area contributed by atoms with Crippen LogP contribution in [-0.4, -0.2) is 57.7 Å². The van der Waals surface area contributed by atoms with E-state index in [1.54, 1.807) is 20.3 Å². The number of anilines is 1. The van der Waals surface area contributed by atoms with E-state index in [9.17, 15) is 4.79 Å². The van der Waals surface area contributed by atoms with Crippen molar-refractivity contribution >= 4 is 33.5 Å². The minimum atomic E-state index is 0. The molecule has 0 aromatic heterocycles. The van der Waals surface area contributed by atoms with E-state index in [0.717, 1.165) is 58.4 Å². The lowest BCUT2D eigenvalue weighted by molar-refractivity contribution is -0.923. The SMILES string of the molecule is COc1cc2c(cc1OC)C(=O)/C(=C/c1ccc(N3CC[N+](C)(Cc4ccc(Br)cc4)CC3)cc1)C2.[Br-]. The number of carbonyl (C=O) groups is 1. The number of benzene rings is 3. The Morgan fingerprint density at radius 3 is 2.19 bits per heavy atom. The van der Waals surface area contributed by atoms with Gasteiger partial charge in [0.25, 0.3) is 0 Å². The first-order valence-corrected chi connectivity index (χ1v) is 13.1. The molecule has 0 N–H and O–H groups in total. The van der Waals surface area contributed by atoms with Gasteiger partial charge in [0, 0.05) is 33.3 Å². The molecule has 1 saturated heterocycles. The monoisotopic (exact) mass is 626 g/mol. The maximum Gasteiger partial charge on any atom is 0.189 e. The number of ketones is 1. The van der Waals surface area contributed by atoms with Gasteiger partial charge in [0.15, 0.2) is 17.3 Å². The first-order valence-electron chi connectivity index (χ1n) is 12.3. The van der Waals surface area contributed by atoms with Crippen molar-refractivity contribution in [2.24, 2.45) is 0 Å². The van der Waals surface area contributed by atoms with E-state index in [1.807, 2.05) is 12.1 Å². The number of carbonyl (C=O) groups excluding carboxylic acids is 1. The van der Waals surface area contributed by atoms with Gasteiger partial charge < -0.3 is 35.8 Å². The molecular weight excluding hydrogens is 596 g/mol. The Morgan fingerprint density at radius 2 is 1.57 bits per heavy atom. The zero-order chi connectivity index (χ0) is 25.3. The van der Waals surface area contributed by atoms with Crippen molar-refractivity contribution in [2.75, 3.05) is 52.3 Å². The molecule has 0 amide bonds. The van der Waals surface area contributed by atoms with Crippen LogP contribution < -0.4 is 31.4 Å². The minimum absolute atomic E-state index is 0. The highest BCUT2D eigenvalue weighted by Crippen LogP contribution is 2.37. The second-order valence-corrected chi connectivity index (χ2v) is 10.9. The number of ether oxygens (including phenoxy) is 2. The van der Waals surface area contributed by atoms with Crippen LogP contribution in [-0.2, 0) is 13.0 Å². The number of Topliss-reactive ketones (excluding diaryl/α,β-unsaturated/α-hetero) is 1. The van der Waals surface area contributed by atoms with Crippen molar-refractivity contribution in [3.05, 3.63) is 93.0 Å². The van der Waals surface area contributed by atoms with E-state index in [2.05, 4.69) is 76.4 Å². The highest BCUT2D eigenvalue weighted by atomic mass is 79.9. The lowest BCUT2D eigenvalue weighted by Crippen LogP contribution is -3.00. The van der Waals surface area contributed by atoms with Gasteiger partial charge in [0.1, 0.15) is 6.54 Å². The predicted octanol–water partition coefficient (Wildman–Crippen LogP) is 2.76. The molecular formula is C30H32Br2N2O3. The molecule has 0 unspecified atom stereocenters. The summed E-state index contributed by atoms with van der Waals surface area (Å²) in [5.74, 6) is 1.31. The van der Waals surface area contributed by atoms with Gasteiger partial charge in [0.05, 0.1) is 47.4 Å². The number of allylic oxidation sites excluding steroid dienone is 1. The predicted molar refractivity (Wildman–Crippen MR) is 148 cm³/mol. The van der Waals surface area contributed by atoms with Gasteiger partial charge in [0.2, 0.25) is 0 Å². The average Bonchev–Trinajstić information content (AvgIpc) is 3.19. The molecule has 2 aliphatic rings. The molecule has 0 saturated carbocycles. The smallest absolute Gasteiger partial charge is 0.189 e. The summed E-state index contributed by atoms with van der Waals surface area (Å²) in [5, 5.41) is 0. The van der Waals surface area contributed by atoms with Crippen molar-refractivity contribution in [1.29, 1.82) is 0 Å². The molecule has 3 aromatic rings. The summed E-state index contributed by atoms with van der Waals surface area (Å²) in [5.41, 5.74) is 6.15. The molecule has 0 atom stereocenters. The summed E-state index contributed by atoms with van der Waals surface area (Å²) in [7, 11) is 5.56. The van der Waals surface area contributed by atoms with Crippen LogP contribution in [0.15, 0.2) is 70.7 Å². The summed E-state index contributed by atoms with van der Waals surface area (Å²) >= 11 is 3.53. The topological polar surface area (TPSA) is 38.8 Å². The molecule has 37 heavy (non-hydrogen) atoms. The molecule has 0 radical (unpaired) electrons. The van der Waals surface area contributed by atoms with E-state index in [-0.39, 0.29) is 22.8 Å². The molecule has 1 fully saturated rings. The zero-order valence-electron chi connectivity index (χ0n) is 21.5. The first-order chi connectivity index (χ1) is 17.4. The molecule has 7 heteroatoms. The Bertz CT molecular complexity index is 1300. The number of nitrogens with zero attached hydrogens (tertiary/aromatic N) is 2. The summed E-state index contributed by atoms with van der Waals surface area (Å²) in [4.78, 5) is 15.5. The average molecular weight is 628 g/mol. The fourth-order valence-electron chi connectivity index (χ4n) is 5.23. The lowest BCUT2D eigenvalue weighted by atomic mass is 10.1. The van der Waals surface area contributed by atoms with E-state index in [1.165, 1.54) is 11.3 Å². The zero-order valence-corrected chi connectivity index (χ0v) is 24.6. The molecule has 0 spiro atoms. The van der Waals surface area contributed by atoms with Crippen LogP contribution >= 0.6 is 15.9 Å². The van der Waals surface area contributed by atoms with Gasteiger partial charge in [-0.1, -0.05) is 40.2 Å². The quantitative estimate of drug-likeness (QED) is 0.311. The Kier molecular flexibility index (Phi) is 8.46. The number of fused-ring (bicyclic) bond motifs is 1. The third-order valence-electron chi connectivity index (χ3n) is 7.42. The number of hydrogen-bond donors (Lipinski definition) is 0. The molecule has 194 valence electrons. The van der Waals surface area contributed by atoms with Gasteiger partial charge in [-0.05, 0) is 53.6 Å². The van der Waals surface area contributed by atoms with Crippen LogP contribution in [0.25, 0.3) is 6.08 Å². The van der Waals surface area contributed by atoms with Crippen LogP contribution in [0.3, 0.4) is 0 Å². The number of halogens is 2. The maximum absolute atomic E-state index is 13.0. The van der Waals surface area contributed by atoms with Crippen LogP contribution in [0, 0.1) is 0 Å². The molecule has 5 rings (SSSR count). The van der Waals surface area contributed by atoms with Crippen molar-refractivity contribution in [2.45, 2.75) is 13.0 Å². The Hall–Kier alpha value is -2.61. The minimum Gasteiger partial charge on any atom is -1.00 e. The van der Waals surface area contributed by atoms with Crippen molar-refractivity contribution in [3.63, 3.8) is 0 Å². The van der Waals surface area contributed by atoms with Gasteiger partial charge in [-0.25, -0.2) is 0 Å². The highest BCUT2D eigenvalue weighted by Gasteiger charge is 2.29. The second kappa shape index (κ2) is 11.4. The van der Waals surface area contributed by atoms with Crippen LogP contribution in [0.4, 0.5) is 5.69 Å². The number of piperazine rings is 1. The molecule has 1 heterocycles. The highest BCUT2D eigenvalue weighted by molar-refractivity contribution is 9.10. The normalized spacial score (nSPS) is 17.4. The fourth-order valence-corrected chi connectivity index (χ4v) is 5.50. The van der Waals surface area contributed by atoms with Crippen molar-refractivity contribution < 1.29 is 35.7 Å². The largest absolute Gasteiger partial charge is 1.00 e. The van der Waals surface area contributed by atoms with Crippen LogP contribution in [0.2, 0.25) is 0 Å². The number of rotatable bonds is 6. The first kappa shape index (κ1) is 27.4. The molecule has 3 aromatic carbocycles. The maximum atomic E-state index is 13.0. The summed E-state index contributed by atoms with van der Waals surface area (Å²) in [6.45, 7) is 5.35. The second-order valence-electron chi connectivity index (χ2n) is 9.97. The number of likely N-dealkylation sites (N-methyl/N-ethyl adjacent to an activating group) is 1. The molecule has 1 aliphatic heterocycles. The van der Waals surface area contributed by atoms with Crippen LogP contribution in [0.5, 0.6) is 11.5 Å². The number of hydrogen-bond acceptors (Lipinski definition) is 4. The standard InChI is InChI=1S/C30H32BrN2O3.BrH/c1-33(20-22-4-8-25(31)9-5-22)14-12-32(13-15-33)26-10-6-21(7-11-26)16-24-17-23-18-28(35-2)29(36-3)19-27(23)30(24)34;/h4-11,16,18-19H,12-15,17,20H2,1-3H3;1H/q+1;/p-1/b24-16+;. The Labute approximate surface area is 238 Å². The van der Waals surface area contributed by atoms with Gasteiger partial charge >= 0.3 is 0 Å². The summed E-state index contributed by atoms with van der Waals surface area (Å²) < 4.78 is 13.0. The van der Waals surface area contributed by atoms with E-state index in [0.29, 0.717) is 23.5 Å². The Balaban J connectivity index is 0.00000320. The van der Waals surface area contributed by atoms with Gasteiger partial charge in [-0.2, -0.15) is 0 Å². The van der Waals surface area contributed by atoms with Gasteiger partial charge in [-0.15, -0.1) is 0 Å². The van der Waals surface area contributed by atoms with E-state index in [4.69, 9.17) is 9.47 Å². The van der Waals surface area contributed by atoms with Crippen molar-refractivity contribution in [1.82, 2.24) is 0 Å². The number of quaternary nitrogens is 1. The third-order valence-corrected chi connectivity index (χ3v) is 7.95. The fraction of sp³-hybridized carbons (Fsp3) is 0.300. The van der Waals surface area contributed by atoms with Crippen molar-refractivity contribution in [3.8, 4) is 11.5 Å². The molecule has 5 nitrogen and oxygen atoms in total. The van der Waals surface area contributed by atoms with E-state index >= 15 is 0 Å². The molecule has 0 bridgehead atoms. The number of methoxy groups -OCH3 is 2. The summed E-state index contributed by atoms with van der Waals surface area (Å²) in [6, 6.07) is 21.0. The third kappa shape index (κ3) is 5.95. The van der Waals surface area contributed by atoms with Gasteiger partial charge in [-0.3, -0.25) is 4.79 Å². The van der Waals surface area contributed by atoms with Crippen LogP contribution in [0.1, 0.15) is 27.0 Å². The lowest BCUT2D eigenvalue weighted by Gasteiger charge is -2.43. The summed E-state index contributed by atoms with van der Waals surface area (Å²) in [6.07, 6.45) is 2.62. The molecule has 1 aliphatic carbocycles. The Morgan fingerprint density at radius 1 is 0.946 bits per heavy atom.